The number of carbonyl (C=O) groups is 1. The Morgan fingerprint density at radius 2 is 1.57 bits per heavy atom. The molecular formula is C18H14O3. The van der Waals surface area contributed by atoms with Crippen LogP contribution in [0.2, 0.25) is 0 Å². The maximum absolute atomic E-state index is 12.2. The molecule has 0 aliphatic heterocycles. The second kappa shape index (κ2) is 5.29. The van der Waals surface area contributed by atoms with Crippen molar-refractivity contribution in [3.8, 4) is 11.5 Å². The average molecular weight is 278 g/mol. The van der Waals surface area contributed by atoms with E-state index in [1.54, 1.807) is 43.3 Å². The summed E-state index contributed by atoms with van der Waals surface area (Å²) >= 11 is 0. The van der Waals surface area contributed by atoms with Gasteiger partial charge < -0.3 is 9.84 Å². The Morgan fingerprint density at radius 3 is 2.29 bits per heavy atom. The second-order valence-electron chi connectivity index (χ2n) is 4.84. The SMILES string of the molecule is Cc1cc(O)c2ccccc2c1OC(=O)c1ccccc1. The number of ether oxygens (including phenoxy) is 1. The van der Waals surface area contributed by atoms with Crippen LogP contribution in [0.5, 0.6) is 11.5 Å². The van der Waals surface area contributed by atoms with Gasteiger partial charge in [0.15, 0.2) is 0 Å². The third-order valence-corrected chi connectivity index (χ3v) is 3.36. The van der Waals surface area contributed by atoms with Gasteiger partial charge in [-0.25, -0.2) is 4.79 Å². The van der Waals surface area contributed by atoms with E-state index in [9.17, 15) is 9.90 Å². The summed E-state index contributed by atoms with van der Waals surface area (Å²) in [5.41, 5.74) is 1.21. The smallest absolute Gasteiger partial charge is 0.343 e. The zero-order valence-corrected chi connectivity index (χ0v) is 11.5. The predicted octanol–water partition coefficient (Wildman–Crippen LogP) is 4.07. The van der Waals surface area contributed by atoms with Gasteiger partial charge in [0, 0.05) is 10.8 Å². The summed E-state index contributed by atoms with van der Waals surface area (Å²) in [7, 11) is 0. The summed E-state index contributed by atoms with van der Waals surface area (Å²) in [4.78, 5) is 12.2. The van der Waals surface area contributed by atoms with Crippen molar-refractivity contribution in [1.29, 1.82) is 0 Å². The van der Waals surface area contributed by atoms with Crippen LogP contribution in [0.4, 0.5) is 0 Å². The average Bonchev–Trinajstić information content (AvgIpc) is 2.52. The van der Waals surface area contributed by atoms with Crippen LogP contribution < -0.4 is 4.74 Å². The van der Waals surface area contributed by atoms with Crippen LogP contribution in [-0.4, -0.2) is 11.1 Å². The molecule has 3 aromatic rings. The van der Waals surface area contributed by atoms with Gasteiger partial charge in [0.2, 0.25) is 0 Å². The summed E-state index contributed by atoms with van der Waals surface area (Å²) in [5.74, 6) is 0.259. The lowest BCUT2D eigenvalue weighted by atomic mass is 10.0. The minimum atomic E-state index is -0.408. The topological polar surface area (TPSA) is 46.5 Å². The van der Waals surface area contributed by atoms with Crippen LogP contribution in [-0.2, 0) is 0 Å². The van der Waals surface area contributed by atoms with Gasteiger partial charge >= 0.3 is 5.97 Å². The van der Waals surface area contributed by atoms with E-state index >= 15 is 0 Å². The molecule has 1 N–H and O–H groups in total. The molecule has 3 nitrogen and oxygen atoms in total. The van der Waals surface area contributed by atoms with Crippen molar-refractivity contribution >= 4 is 16.7 Å². The van der Waals surface area contributed by atoms with Gasteiger partial charge in [-0.05, 0) is 30.7 Å². The summed E-state index contributed by atoms with van der Waals surface area (Å²) in [6.45, 7) is 1.81. The highest BCUT2D eigenvalue weighted by Gasteiger charge is 2.14. The van der Waals surface area contributed by atoms with Crippen LogP contribution in [0.3, 0.4) is 0 Å². The van der Waals surface area contributed by atoms with Crippen LogP contribution in [0.15, 0.2) is 60.7 Å². The molecule has 0 heterocycles. The fourth-order valence-corrected chi connectivity index (χ4v) is 2.33. The molecule has 3 rings (SSSR count). The number of phenols is 1. The van der Waals surface area contributed by atoms with Crippen LogP contribution in [0.1, 0.15) is 15.9 Å². The summed E-state index contributed by atoms with van der Waals surface area (Å²) in [6, 6.07) is 17.8. The lowest BCUT2D eigenvalue weighted by molar-refractivity contribution is 0.0736. The molecule has 0 aliphatic carbocycles. The van der Waals surface area contributed by atoms with Crippen LogP contribution in [0.25, 0.3) is 10.8 Å². The molecule has 0 aromatic heterocycles. The number of fused-ring (bicyclic) bond motifs is 1. The number of hydrogen-bond donors (Lipinski definition) is 1. The highest BCUT2D eigenvalue weighted by atomic mass is 16.5. The predicted molar refractivity (Wildman–Crippen MR) is 81.8 cm³/mol. The highest BCUT2D eigenvalue weighted by Crippen LogP contribution is 2.36. The Bertz CT molecular complexity index is 807. The number of rotatable bonds is 2. The van der Waals surface area contributed by atoms with E-state index in [1.165, 1.54) is 0 Å². The Kier molecular flexibility index (Phi) is 3.32. The minimum Gasteiger partial charge on any atom is -0.507 e. The molecule has 3 heteroatoms. The molecule has 0 saturated heterocycles. The standard InChI is InChI=1S/C18H14O3/c1-12-11-16(19)14-9-5-6-10-15(14)17(12)21-18(20)13-7-3-2-4-8-13/h2-11,19H,1H3. The molecule has 0 aliphatic rings. The number of benzene rings is 3. The van der Waals surface area contributed by atoms with E-state index in [0.717, 1.165) is 10.9 Å². The first-order valence-corrected chi connectivity index (χ1v) is 6.65. The van der Waals surface area contributed by atoms with Gasteiger partial charge in [0.05, 0.1) is 5.56 Å². The number of aryl methyl sites for hydroxylation is 1. The van der Waals surface area contributed by atoms with Crippen molar-refractivity contribution in [2.24, 2.45) is 0 Å². The normalized spacial score (nSPS) is 10.5. The maximum Gasteiger partial charge on any atom is 0.343 e. The van der Waals surface area contributed by atoms with Crippen molar-refractivity contribution in [2.75, 3.05) is 0 Å². The Morgan fingerprint density at radius 1 is 0.952 bits per heavy atom. The Hall–Kier alpha value is -2.81. The molecule has 0 saturated carbocycles. The number of phenolic OH excluding ortho intramolecular Hbond substituents is 1. The van der Waals surface area contributed by atoms with Crippen molar-refractivity contribution < 1.29 is 14.6 Å². The molecule has 0 radical (unpaired) electrons. The molecule has 3 aromatic carbocycles. The van der Waals surface area contributed by atoms with E-state index in [0.29, 0.717) is 16.7 Å². The highest BCUT2D eigenvalue weighted by molar-refractivity contribution is 5.98. The Balaban J connectivity index is 2.07. The van der Waals surface area contributed by atoms with Crippen molar-refractivity contribution in [3.63, 3.8) is 0 Å². The summed E-state index contributed by atoms with van der Waals surface area (Å²) < 4.78 is 5.55. The first-order chi connectivity index (χ1) is 10.2. The van der Waals surface area contributed by atoms with Gasteiger partial charge in [-0.15, -0.1) is 0 Å². The fourth-order valence-electron chi connectivity index (χ4n) is 2.33. The number of aromatic hydroxyl groups is 1. The van der Waals surface area contributed by atoms with E-state index < -0.39 is 5.97 Å². The molecular weight excluding hydrogens is 264 g/mol. The monoisotopic (exact) mass is 278 g/mol. The number of carbonyl (C=O) groups excluding carboxylic acids is 1. The van der Waals surface area contributed by atoms with Gasteiger partial charge in [0.1, 0.15) is 11.5 Å². The third kappa shape index (κ3) is 2.46. The number of esters is 1. The van der Waals surface area contributed by atoms with E-state index in [2.05, 4.69) is 0 Å². The van der Waals surface area contributed by atoms with E-state index in [-0.39, 0.29) is 5.75 Å². The zero-order valence-electron chi connectivity index (χ0n) is 11.5. The molecule has 0 amide bonds. The van der Waals surface area contributed by atoms with Crippen molar-refractivity contribution in [1.82, 2.24) is 0 Å². The van der Waals surface area contributed by atoms with E-state index in [1.807, 2.05) is 24.3 Å². The quantitative estimate of drug-likeness (QED) is 0.567. The van der Waals surface area contributed by atoms with Gasteiger partial charge in [-0.1, -0.05) is 42.5 Å². The Labute approximate surface area is 122 Å². The van der Waals surface area contributed by atoms with Crippen LogP contribution >= 0.6 is 0 Å². The molecule has 0 unspecified atom stereocenters. The molecule has 0 fully saturated rings. The first-order valence-electron chi connectivity index (χ1n) is 6.65. The summed E-state index contributed by atoms with van der Waals surface area (Å²) in [5, 5.41) is 11.4. The zero-order chi connectivity index (χ0) is 14.8. The lowest BCUT2D eigenvalue weighted by Gasteiger charge is -2.12. The third-order valence-electron chi connectivity index (χ3n) is 3.36. The second-order valence-corrected chi connectivity index (χ2v) is 4.84. The number of hydrogen-bond acceptors (Lipinski definition) is 3. The summed E-state index contributed by atoms with van der Waals surface area (Å²) in [6.07, 6.45) is 0. The largest absolute Gasteiger partial charge is 0.507 e. The first kappa shape index (κ1) is 13.2. The molecule has 21 heavy (non-hydrogen) atoms. The fraction of sp³-hybridized carbons (Fsp3) is 0.0556. The van der Waals surface area contributed by atoms with E-state index in [4.69, 9.17) is 4.74 Å². The lowest BCUT2D eigenvalue weighted by Crippen LogP contribution is -2.09. The molecule has 0 spiro atoms. The maximum atomic E-state index is 12.2. The van der Waals surface area contributed by atoms with Crippen LogP contribution in [0, 0.1) is 6.92 Å². The molecule has 104 valence electrons. The van der Waals surface area contributed by atoms with Crippen molar-refractivity contribution in [2.45, 2.75) is 6.92 Å². The minimum absolute atomic E-state index is 0.183. The molecule has 0 bridgehead atoms. The molecule has 0 atom stereocenters. The van der Waals surface area contributed by atoms with Gasteiger partial charge in [-0.3, -0.25) is 0 Å². The van der Waals surface area contributed by atoms with Crippen molar-refractivity contribution in [3.05, 3.63) is 71.8 Å². The van der Waals surface area contributed by atoms with Gasteiger partial charge in [0.25, 0.3) is 0 Å². The van der Waals surface area contributed by atoms with Gasteiger partial charge in [-0.2, -0.15) is 0 Å².